The predicted octanol–water partition coefficient (Wildman–Crippen LogP) is 9.49. The predicted molar refractivity (Wildman–Crippen MR) is 203 cm³/mol. The number of benzene rings is 5. The number of thioether (sulfide) groups is 1. The standard InChI is InChI=1S/C41H32ClN3O5S/c1-49-36-15-9-8-14-34(36)37-25-22-32(50-37)26-35(45-39(46)28-12-6-3-7-13-28)40(47)43-31-20-23-33(24-21-31)51-38(27-10-4-2-5-11-27)41(48)44-30-18-16-29(42)17-19-30/h2-26,38H,1H3,(H,43,47)(H,44,48)(H,45,46)/b35-26-/t38-/m1/s1. The zero-order chi connectivity index (χ0) is 35.6. The monoisotopic (exact) mass is 713 g/mol. The number of amides is 3. The highest BCUT2D eigenvalue weighted by atomic mass is 35.5. The van der Waals surface area contributed by atoms with Gasteiger partial charge in [0.1, 0.15) is 28.2 Å². The maximum atomic E-state index is 13.7. The second-order valence-corrected chi connectivity index (χ2v) is 12.8. The van der Waals surface area contributed by atoms with Gasteiger partial charge in [0, 0.05) is 32.9 Å². The molecule has 0 spiro atoms. The fraction of sp³-hybridized carbons (Fsp3) is 0.0488. The Morgan fingerprint density at radius 2 is 1.35 bits per heavy atom. The van der Waals surface area contributed by atoms with Crippen molar-refractivity contribution in [3.05, 3.63) is 173 Å². The second-order valence-electron chi connectivity index (χ2n) is 11.2. The first kappa shape index (κ1) is 34.8. The van der Waals surface area contributed by atoms with E-state index < -0.39 is 17.1 Å². The first-order valence-electron chi connectivity index (χ1n) is 15.9. The molecule has 0 fully saturated rings. The van der Waals surface area contributed by atoms with Crippen LogP contribution >= 0.6 is 23.4 Å². The first-order chi connectivity index (χ1) is 24.9. The summed E-state index contributed by atoms with van der Waals surface area (Å²) in [5.41, 5.74) is 3.07. The van der Waals surface area contributed by atoms with Crippen LogP contribution in [-0.4, -0.2) is 24.8 Å². The van der Waals surface area contributed by atoms with Gasteiger partial charge in [-0.15, -0.1) is 11.8 Å². The fourth-order valence-electron chi connectivity index (χ4n) is 5.10. The molecule has 6 aromatic rings. The topological polar surface area (TPSA) is 110 Å². The van der Waals surface area contributed by atoms with Crippen LogP contribution in [0.2, 0.25) is 5.02 Å². The van der Waals surface area contributed by atoms with Gasteiger partial charge in [-0.1, -0.05) is 72.3 Å². The molecule has 10 heteroatoms. The molecule has 5 aromatic carbocycles. The number of anilines is 2. The Labute approximate surface area is 304 Å². The molecule has 0 aliphatic rings. The molecule has 0 aliphatic carbocycles. The Morgan fingerprint density at radius 3 is 2.06 bits per heavy atom. The third-order valence-corrected chi connectivity index (χ3v) is 9.15. The number of methoxy groups -OCH3 is 1. The summed E-state index contributed by atoms with van der Waals surface area (Å²) in [4.78, 5) is 41.1. The quantitative estimate of drug-likeness (QED) is 0.0861. The molecular weight excluding hydrogens is 682 g/mol. The van der Waals surface area contributed by atoms with Gasteiger partial charge in [0.05, 0.1) is 12.7 Å². The molecule has 1 atom stereocenters. The molecule has 254 valence electrons. The lowest BCUT2D eigenvalue weighted by atomic mass is 10.1. The van der Waals surface area contributed by atoms with Crippen molar-refractivity contribution >= 4 is 58.5 Å². The van der Waals surface area contributed by atoms with Crippen molar-refractivity contribution in [3.63, 3.8) is 0 Å². The number of furan rings is 1. The van der Waals surface area contributed by atoms with E-state index in [1.807, 2.05) is 66.7 Å². The smallest absolute Gasteiger partial charge is 0.272 e. The minimum Gasteiger partial charge on any atom is -0.496 e. The minimum absolute atomic E-state index is 0.0220. The van der Waals surface area contributed by atoms with Gasteiger partial charge in [0.15, 0.2) is 0 Å². The molecule has 8 nitrogen and oxygen atoms in total. The molecule has 0 saturated carbocycles. The van der Waals surface area contributed by atoms with Crippen LogP contribution in [-0.2, 0) is 9.59 Å². The summed E-state index contributed by atoms with van der Waals surface area (Å²) >= 11 is 7.39. The molecular formula is C41H32ClN3O5S. The average Bonchev–Trinajstić information content (AvgIpc) is 3.64. The number of hydrogen-bond acceptors (Lipinski definition) is 6. The molecule has 0 saturated heterocycles. The van der Waals surface area contributed by atoms with Crippen LogP contribution in [0.3, 0.4) is 0 Å². The zero-order valence-corrected chi connectivity index (χ0v) is 28.9. The molecule has 0 bridgehead atoms. The van der Waals surface area contributed by atoms with Crippen LogP contribution in [0, 0.1) is 0 Å². The van der Waals surface area contributed by atoms with Gasteiger partial charge in [0.2, 0.25) is 5.91 Å². The highest BCUT2D eigenvalue weighted by molar-refractivity contribution is 8.00. The van der Waals surface area contributed by atoms with Crippen molar-refractivity contribution in [1.82, 2.24) is 5.32 Å². The largest absolute Gasteiger partial charge is 0.496 e. The van der Waals surface area contributed by atoms with Crippen LogP contribution < -0.4 is 20.7 Å². The average molecular weight is 714 g/mol. The van der Waals surface area contributed by atoms with E-state index in [9.17, 15) is 14.4 Å². The summed E-state index contributed by atoms with van der Waals surface area (Å²) in [7, 11) is 1.58. The Kier molecular flexibility index (Phi) is 11.3. The van der Waals surface area contributed by atoms with Crippen molar-refractivity contribution in [1.29, 1.82) is 0 Å². The van der Waals surface area contributed by atoms with Crippen LogP contribution in [0.4, 0.5) is 11.4 Å². The van der Waals surface area contributed by atoms with Gasteiger partial charge in [-0.2, -0.15) is 0 Å². The van der Waals surface area contributed by atoms with Crippen LogP contribution in [0.15, 0.2) is 161 Å². The second kappa shape index (κ2) is 16.6. The lowest BCUT2D eigenvalue weighted by molar-refractivity contribution is -0.116. The van der Waals surface area contributed by atoms with Crippen molar-refractivity contribution in [2.24, 2.45) is 0 Å². The number of rotatable bonds is 12. The van der Waals surface area contributed by atoms with E-state index in [0.29, 0.717) is 39.2 Å². The molecule has 3 amide bonds. The van der Waals surface area contributed by atoms with Crippen molar-refractivity contribution in [2.75, 3.05) is 17.7 Å². The van der Waals surface area contributed by atoms with Crippen LogP contribution in [0.25, 0.3) is 17.4 Å². The zero-order valence-electron chi connectivity index (χ0n) is 27.3. The Morgan fingerprint density at radius 1 is 0.725 bits per heavy atom. The molecule has 1 heterocycles. The van der Waals surface area contributed by atoms with E-state index in [1.54, 1.807) is 86.0 Å². The summed E-state index contributed by atoms with van der Waals surface area (Å²) in [6, 6.07) is 43.1. The van der Waals surface area contributed by atoms with E-state index in [2.05, 4.69) is 16.0 Å². The lowest BCUT2D eigenvalue weighted by Gasteiger charge is -2.17. The van der Waals surface area contributed by atoms with E-state index in [1.165, 1.54) is 17.8 Å². The molecule has 0 radical (unpaired) electrons. The molecule has 0 unspecified atom stereocenters. The highest BCUT2D eigenvalue weighted by Gasteiger charge is 2.23. The Hall–Kier alpha value is -6.03. The van der Waals surface area contributed by atoms with Crippen molar-refractivity contribution in [3.8, 4) is 17.1 Å². The molecule has 51 heavy (non-hydrogen) atoms. The Balaban J connectivity index is 1.21. The van der Waals surface area contributed by atoms with E-state index >= 15 is 0 Å². The van der Waals surface area contributed by atoms with Gasteiger partial charge >= 0.3 is 0 Å². The number of hydrogen-bond donors (Lipinski definition) is 3. The summed E-state index contributed by atoms with van der Waals surface area (Å²) in [6.45, 7) is 0. The maximum absolute atomic E-state index is 13.7. The first-order valence-corrected chi connectivity index (χ1v) is 17.1. The molecule has 0 aliphatic heterocycles. The number of para-hydroxylation sites is 1. The number of nitrogens with one attached hydrogen (secondary N) is 3. The minimum atomic E-state index is -0.556. The Bertz CT molecular complexity index is 2150. The normalized spacial score (nSPS) is 11.7. The van der Waals surface area contributed by atoms with Gasteiger partial charge in [-0.25, -0.2) is 0 Å². The maximum Gasteiger partial charge on any atom is 0.272 e. The summed E-state index contributed by atoms with van der Waals surface area (Å²) in [5.74, 6) is 0.323. The van der Waals surface area contributed by atoms with Crippen molar-refractivity contribution < 1.29 is 23.5 Å². The van der Waals surface area contributed by atoms with E-state index in [0.717, 1.165) is 16.0 Å². The third-order valence-electron chi connectivity index (χ3n) is 7.63. The van der Waals surface area contributed by atoms with E-state index in [4.69, 9.17) is 20.8 Å². The highest BCUT2D eigenvalue weighted by Crippen LogP contribution is 2.37. The summed E-state index contributed by atoms with van der Waals surface area (Å²) < 4.78 is 11.5. The van der Waals surface area contributed by atoms with Crippen LogP contribution in [0.1, 0.15) is 26.9 Å². The fourth-order valence-corrected chi connectivity index (χ4v) is 6.25. The number of carbonyl (C=O) groups is 3. The number of halogens is 1. The van der Waals surface area contributed by atoms with E-state index in [-0.39, 0.29) is 11.6 Å². The van der Waals surface area contributed by atoms with Gasteiger partial charge in [-0.05, 0) is 90.5 Å². The van der Waals surface area contributed by atoms with Gasteiger partial charge in [-0.3, -0.25) is 14.4 Å². The summed E-state index contributed by atoms with van der Waals surface area (Å²) in [6.07, 6.45) is 1.48. The number of ether oxygens (including phenoxy) is 1. The lowest BCUT2D eigenvalue weighted by Crippen LogP contribution is -2.30. The van der Waals surface area contributed by atoms with Crippen molar-refractivity contribution in [2.45, 2.75) is 10.1 Å². The van der Waals surface area contributed by atoms with Gasteiger partial charge < -0.3 is 25.1 Å². The molecule has 6 rings (SSSR count). The molecule has 3 N–H and O–H groups in total. The summed E-state index contributed by atoms with van der Waals surface area (Å²) in [5, 5.41) is 8.59. The van der Waals surface area contributed by atoms with Crippen LogP contribution in [0.5, 0.6) is 5.75 Å². The third kappa shape index (κ3) is 9.16. The number of carbonyl (C=O) groups excluding carboxylic acids is 3. The molecule has 1 aromatic heterocycles. The van der Waals surface area contributed by atoms with Gasteiger partial charge in [0.25, 0.3) is 11.8 Å². The SMILES string of the molecule is COc1ccccc1-c1ccc(/C=C(\NC(=O)c2ccccc2)C(=O)Nc2ccc(S[C@@H](C(=O)Nc3ccc(Cl)cc3)c3ccccc3)cc2)o1.